The van der Waals surface area contributed by atoms with Gasteiger partial charge >= 0.3 is 0 Å². The Labute approximate surface area is 105 Å². The lowest BCUT2D eigenvalue weighted by molar-refractivity contribution is -0.138. The molecular formula is C14H26N2O. The molecule has 17 heavy (non-hydrogen) atoms. The van der Waals surface area contributed by atoms with Crippen molar-refractivity contribution < 1.29 is 4.79 Å². The van der Waals surface area contributed by atoms with E-state index in [9.17, 15) is 4.79 Å². The van der Waals surface area contributed by atoms with Gasteiger partial charge in [-0.05, 0) is 38.0 Å². The van der Waals surface area contributed by atoms with Crippen molar-refractivity contribution in [3.63, 3.8) is 0 Å². The third-order valence-corrected chi connectivity index (χ3v) is 4.37. The highest BCUT2D eigenvalue weighted by molar-refractivity contribution is 5.79. The third kappa shape index (κ3) is 3.21. The van der Waals surface area contributed by atoms with E-state index >= 15 is 0 Å². The molecule has 0 bridgehead atoms. The smallest absolute Gasteiger partial charge is 0.225 e. The number of carbonyl (C=O) groups is 1. The van der Waals surface area contributed by atoms with Crippen LogP contribution in [0.3, 0.4) is 0 Å². The molecule has 3 nitrogen and oxygen atoms in total. The molecule has 1 saturated carbocycles. The summed E-state index contributed by atoms with van der Waals surface area (Å²) in [6, 6.07) is 0.452. The summed E-state index contributed by atoms with van der Waals surface area (Å²) in [5.41, 5.74) is 0.452. The van der Waals surface area contributed by atoms with Gasteiger partial charge in [0, 0.05) is 31.6 Å². The van der Waals surface area contributed by atoms with Gasteiger partial charge in [0.1, 0.15) is 0 Å². The fourth-order valence-corrected chi connectivity index (χ4v) is 3.04. The third-order valence-electron chi connectivity index (χ3n) is 4.37. The highest BCUT2D eigenvalue weighted by Crippen LogP contribution is 2.38. The molecule has 1 N–H and O–H groups in total. The van der Waals surface area contributed by atoms with Crippen LogP contribution in [-0.2, 0) is 4.79 Å². The second-order valence-electron chi connectivity index (χ2n) is 6.58. The van der Waals surface area contributed by atoms with Crippen molar-refractivity contribution in [3.8, 4) is 0 Å². The van der Waals surface area contributed by atoms with Crippen molar-refractivity contribution in [3.05, 3.63) is 0 Å². The van der Waals surface area contributed by atoms with E-state index in [-0.39, 0.29) is 0 Å². The molecule has 98 valence electrons. The van der Waals surface area contributed by atoms with Gasteiger partial charge in [-0.2, -0.15) is 0 Å². The topological polar surface area (TPSA) is 32.3 Å². The molecule has 1 atom stereocenters. The van der Waals surface area contributed by atoms with Gasteiger partial charge in [-0.15, -0.1) is 0 Å². The summed E-state index contributed by atoms with van der Waals surface area (Å²) >= 11 is 0. The van der Waals surface area contributed by atoms with Gasteiger partial charge in [0.05, 0.1) is 0 Å². The maximum Gasteiger partial charge on any atom is 0.225 e. The van der Waals surface area contributed by atoms with Crippen molar-refractivity contribution in [1.29, 1.82) is 0 Å². The zero-order valence-electron chi connectivity index (χ0n) is 11.5. The summed E-state index contributed by atoms with van der Waals surface area (Å²) in [7, 11) is 0. The number of rotatable bonds is 1. The molecule has 0 radical (unpaired) electrons. The summed E-state index contributed by atoms with van der Waals surface area (Å²) in [6.07, 6.45) is 4.57. The SMILES string of the molecule is C[C@@H]1CN(C(=O)C2CCC(C)(C)CC2)CCN1. The Morgan fingerprint density at radius 3 is 2.53 bits per heavy atom. The summed E-state index contributed by atoms with van der Waals surface area (Å²) in [6.45, 7) is 9.53. The zero-order chi connectivity index (χ0) is 12.5. The molecular weight excluding hydrogens is 212 g/mol. The molecule has 0 aromatic rings. The second-order valence-corrected chi connectivity index (χ2v) is 6.58. The first-order valence-electron chi connectivity index (χ1n) is 7.00. The Balaban J connectivity index is 1.88. The van der Waals surface area contributed by atoms with Gasteiger partial charge in [0.15, 0.2) is 0 Å². The highest BCUT2D eigenvalue weighted by Gasteiger charge is 2.33. The standard InChI is InChI=1S/C14H26N2O/c1-11-10-16(9-8-15-11)13(17)12-4-6-14(2,3)7-5-12/h11-12,15H,4-10H2,1-3H3/t11-/m1/s1. The maximum absolute atomic E-state index is 12.4. The average molecular weight is 238 g/mol. The van der Waals surface area contributed by atoms with Crippen LogP contribution in [0.1, 0.15) is 46.5 Å². The Morgan fingerprint density at radius 2 is 1.94 bits per heavy atom. The maximum atomic E-state index is 12.4. The zero-order valence-corrected chi connectivity index (χ0v) is 11.5. The molecule has 0 unspecified atom stereocenters. The van der Waals surface area contributed by atoms with Crippen molar-refractivity contribution in [1.82, 2.24) is 10.2 Å². The number of nitrogens with one attached hydrogen (secondary N) is 1. The van der Waals surface area contributed by atoms with Crippen molar-refractivity contribution in [2.24, 2.45) is 11.3 Å². The molecule has 0 aromatic carbocycles. The summed E-state index contributed by atoms with van der Waals surface area (Å²) in [5.74, 6) is 0.710. The van der Waals surface area contributed by atoms with Gasteiger partial charge in [-0.25, -0.2) is 0 Å². The number of nitrogens with zero attached hydrogens (tertiary/aromatic N) is 1. The quantitative estimate of drug-likeness (QED) is 0.758. The minimum atomic E-state index is 0.299. The fraction of sp³-hybridized carbons (Fsp3) is 0.929. The molecule has 1 aliphatic carbocycles. The van der Waals surface area contributed by atoms with E-state index in [1.807, 2.05) is 0 Å². The first kappa shape index (κ1) is 12.9. The number of hydrogen-bond donors (Lipinski definition) is 1. The Hall–Kier alpha value is -0.570. The molecule has 1 heterocycles. The average Bonchev–Trinajstić information content (AvgIpc) is 2.28. The molecule has 2 aliphatic rings. The lowest BCUT2D eigenvalue weighted by atomic mass is 9.73. The van der Waals surface area contributed by atoms with Crippen molar-refractivity contribution in [2.45, 2.75) is 52.5 Å². The molecule has 0 aromatic heterocycles. The van der Waals surface area contributed by atoms with E-state index in [0.717, 1.165) is 32.5 Å². The van der Waals surface area contributed by atoms with E-state index in [1.54, 1.807) is 0 Å². The highest BCUT2D eigenvalue weighted by atomic mass is 16.2. The molecule has 1 amide bonds. The van der Waals surface area contributed by atoms with Gasteiger partial charge < -0.3 is 10.2 Å². The Bertz CT molecular complexity index is 278. The van der Waals surface area contributed by atoms with Crippen LogP contribution >= 0.6 is 0 Å². The largest absolute Gasteiger partial charge is 0.340 e. The van der Waals surface area contributed by atoms with Gasteiger partial charge in [-0.1, -0.05) is 13.8 Å². The lowest BCUT2D eigenvalue weighted by Gasteiger charge is -2.38. The van der Waals surface area contributed by atoms with Crippen molar-refractivity contribution in [2.75, 3.05) is 19.6 Å². The molecule has 2 fully saturated rings. The predicted molar refractivity (Wildman–Crippen MR) is 69.8 cm³/mol. The minimum absolute atomic E-state index is 0.299. The molecule has 2 rings (SSSR count). The van der Waals surface area contributed by atoms with Crippen LogP contribution in [0.5, 0.6) is 0 Å². The Morgan fingerprint density at radius 1 is 1.29 bits per heavy atom. The normalized spacial score (nSPS) is 30.3. The van der Waals surface area contributed by atoms with Crippen molar-refractivity contribution >= 4 is 5.91 Å². The number of hydrogen-bond acceptors (Lipinski definition) is 2. The van der Waals surface area contributed by atoms with Crippen LogP contribution in [-0.4, -0.2) is 36.5 Å². The van der Waals surface area contributed by atoms with E-state index in [4.69, 9.17) is 0 Å². The first-order valence-corrected chi connectivity index (χ1v) is 7.00. The second kappa shape index (κ2) is 4.97. The number of piperazine rings is 1. The number of carbonyl (C=O) groups excluding carboxylic acids is 1. The minimum Gasteiger partial charge on any atom is -0.340 e. The summed E-state index contributed by atoms with van der Waals surface area (Å²) in [5, 5.41) is 3.39. The predicted octanol–water partition coefficient (Wildman–Crippen LogP) is 2.02. The van der Waals surface area contributed by atoms with Crippen LogP contribution in [0.25, 0.3) is 0 Å². The number of amides is 1. The van der Waals surface area contributed by atoms with Crippen LogP contribution < -0.4 is 5.32 Å². The van der Waals surface area contributed by atoms with Gasteiger partial charge in [-0.3, -0.25) is 4.79 Å². The van der Waals surface area contributed by atoms with Crippen LogP contribution in [0.15, 0.2) is 0 Å². The lowest BCUT2D eigenvalue weighted by Crippen LogP contribution is -2.53. The van der Waals surface area contributed by atoms with E-state index in [2.05, 4.69) is 31.0 Å². The van der Waals surface area contributed by atoms with E-state index in [0.29, 0.717) is 23.3 Å². The van der Waals surface area contributed by atoms with Gasteiger partial charge in [0.25, 0.3) is 0 Å². The van der Waals surface area contributed by atoms with Crippen LogP contribution in [0.2, 0.25) is 0 Å². The van der Waals surface area contributed by atoms with Gasteiger partial charge in [0.2, 0.25) is 5.91 Å². The molecule has 0 spiro atoms. The summed E-state index contributed by atoms with van der Waals surface area (Å²) in [4.78, 5) is 14.5. The first-order chi connectivity index (χ1) is 7.98. The van der Waals surface area contributed by atoms with E-state index in [1.165, 1.54) is 12.8 Å². The van der Waals surface area contributed by atoms with Crippen LogP contribution in [0.4, 0.5) is 0 Å². The van der Waals surface area contributed by atoms with Crippen LogP contribution in [0, 0.1) is 11.3 Å². The molecule has 1 aliphatic heterocycles. The Kier molecular flexibility index (Phi) is 3.76. The summed E-state index contributed by atoms with van der Waals surface area (Å²) < 4.78 is 0. The fourth-order valence-electron chi connectivity index (χ4n) is 3.04. The molecule has 1 saturated heterocycles. The monoisotopic (exact) mass is 238 g/mol. The molecule has 3 heteroatoms. The van der Waals surface area contributed by atoms with E-state index < -0.39 is 0 Å².